The molecule has 11 heteroatoms. The predicted octanol–water partition coefficient (Wildman–Crippen LogP) is 4.64. The number of thioether (sulfide) groups is 1. The fraction of sp³-hybridized carbons (Fsp3) is 0.158. The molecule has 4 aromatic rings. The van der Waals surface area contributed by atoms with Gasteiger partial charge in [-0.05, 0) is 30.3 Å². The van der Waals surface area contributed by atoms with Gasteiger partial charge in [0.15, 0.2) is 9.47 Å². The number of carbonyl (C=O) groups excluding carboxylic acids is 1. The van der Waals surface area contributed by atoms with Crippen LogP contribution in [0.2, 0.25) is 0 Å². The number of benzene rings is 2. The van der Waals surface area contributed by atoms with Crippen molar-refractivity contribution in [3.05, 3.63) is 42.5 Å². The van der Waals surface area contributed by atoms with E-state index in [0.29, 0.717) is 14.6 Å². The number of amides is 1. The molecule has 1 amide bonds. The summed E-state index contributed by atoms with van der Waals surface area (Å²) in [5, 5.41) is 15.4. The molecule has 0 aliphatic heterocycles. The molecule has 0 fully saturated rings. The Labute approximate surface area is 184 Å². The Bertz CT molecular complexity index is 1180. The summed E-state index contributed by atoms with van der Waals surface area (Å²) in [6.07, 6.45) is 0. The number of methoxy groups -OCH3 is 2. The molecule has 0 bridgehead atoms. The average molecular weight is 460 g/mol. The van der Waals surface area contributed by atoms with Gasteiger partial charge in [-0.25, -0.2) is 4.98 Å². The Morgan fingerprint density at radius 1 is 1.07 bits per heavy atom. The number of nitrogens with zero attached hydrogens (tertiary/aromatic N) is 3. The summed E-state index contributed by atoms with van der Waals surface area (Å²) >= 11 is 4.10. The molecule has 30 heavy (non-hydrogen) atoms. The van der Waals surface area contributed by atoms with Gasteiger partial charge in [-0.2, -0.15) is 0 Å². The van der Waals surface area contributed by atoms with E-state index in [0.717, 1.165) is 27.4 Å². The number of aromatic nitrogens is 3. The minimum Gasteiger partial charge on any atom is -0.497 e. The number of fused-ring (bicyclic) bond motifs is 1. The molecule has 0 unspecified atom stereocenters. The van der Waals surface area contributed by atoms with Crippen molar-refractivity contribution in [2.24, 2.45) is 0 Å². The number of thiazole rings is 1. The van der Waals surface area contributed by atoms with Crippen LogP contribution >= 0.6 is 34.4 Å². The first-order valence-electron chi connectivity index (χ1n) is 8.75. The van der Waals surface area contributed by atoms with Crippen LogP contribution in [0.3, 0.4) is 0 Å². The van der Waals surface area contributed by atoms with Crippen LogP contribution in [0.5, 0.6) is 11.5 Å². The monoisotopic (exact) mass is 459 g/mol. The highest BCUT2D eigenvalue weighted by Gasteiger charge is 2.12. The second-order valence-electron chi connectivity index (χ2n) is 5.89. The Kier molecular flexibility index (Phi) is 6.31. The van der Waals surface area contributed by atoms with Crippen LogP contribution in [0.15, 0.2) is 46.8 Å². The summed E-state index contributed by atoms with van der Waals surface area (Å²) in [4.78, 5) is 16.7. The minimum absolute atomic E-state index is 0.152. The standard InChI is InChI=1S/C19H17N5O3S3/c1-26-11-7-8-13-15(9-11)29-17(21-13)22-16(25)10-28-19-24-23-18(30-19)20-12-5-3-4-6-14(12)27-2/h3-9H,10H2,1-2H3,(H,20,23)(H,21,22,25). The summed E-state index contributed by atoms with van der Waals surface area (Å²) < 4.78 is 12.2. The van der Waals surface area contributed by atoms with Gasteiger partial charge in [-0.15, -0.1) is 10.2 Å². The van der Waals surface area contributed by atoms with Crippen LogP contribution in [-0.2, 0) is 4.79 Å². The lowest BCUT2D eigenvalue weighted by atomic mass is 10.3. The molecule has 0 saturated carbocycles. The van der Waals surface area contributed by atoms with E-state index in [1.54, 1.807) is 14.2 Å². The molecule has 2 heterocycles. The lowest BCUT2D eigenvalue weighted by Crippen LogP contribution is -2.13. The Morgan fingerprint density at radius 2 is 1.93 bits per heavy atom. The molecule has 8 nitrogen and oxygen atoms in total. The smallest absolute Gasteiger partial charge is 0.236 e. The van der Waals surface area contributed by atoms with Crippen molar-refractivity contribution < 1.29 is 14.3 Å². The van der Waals surface area contributed by atoms with Crippen LogP contribution in [0.1, 0.15) is 0 Å². The maximum Gasteiger partial charge on any atom is 0.236 e. The first-order valence-corrected chi connectivity index (χ1v) is 11.4. The van der Waals surface area contributed by atoms with Crippen molar-refractivity contribution >= 4 is 66.5 Å². The van der Waals surface area contributed by atoms with Crippen LogP contribution in [0.25, 0.3) is 10.2 Å². The van der Waals surface area contributed by atoms with Gasteiger partial charge >= 0.3 is 0 Å². The number of hydrogen-bond donors (Lipinski definition) is 2. The van der Waals surface area contributed by atoms with Gasteiger partial charge in [0.05, 0.1) is 35.9 Å². The van der Waals surface area contributed by atoms with E-state index >= 15 is 0 Å². The molecule has 154 valence electrons. The normalized spacial score (nSPS) is 10.7. The summed E-state index contributed by atoms with van der Waals surface area (Å²) in [6.45, 7) is 0. The van der Waals surface area contributed by atoms with Gasteiger partial charge in [0.1, 0.15) is 11.5 Å². The topological polar surface area (TPSA) is 98.3 Å². The van der Waals surface area contributed by atoms with Gasteiger partial charge in [0.2, 0.25) is 11.0 Å². The summed E-state index contributed by atoms with van der Waals surface area (Å²) in [6, 6.07) is 13.2. The zero-order chi connectivity index (χ0) is 20.9. The van der Waals surface area contributed by atoms with Gasteiger partial charge < -0.3 is 20.1 Å². The molecule has 0 aliphatic carbocycles. The zero-order valence-electron chi connectivity index (χ0n) is 16.0. The Morgan fingerprint density at radius 3 is 2.77 bits per heavy atom. The maximum absolute atomic E-state index is 12.3. The van der Waals surface area contributed by atoms with E-state index in [1.165, 1.54) is 34.4 Å². The highest BCUT2D eigenvalue weighted by atomic mass is 32.2. The van der Waals surface area contributed by atoms with Gasteiger partial charge in [0, 0.05) is 0 Å². The fourth-order valence-corrected chi connectivity index (χ4v) is 5.02. The fourth-order valence-electron chi connectivity index (χ4n) is 2.55. The number of para-hydroxylation sites is 2. The molecule has 0 atom stereocenters. The number of anilines is 3. The van der Waals surface area contributed by atoms with Gasteiger partial charge in [-0.1, -0.05) is 46.6 Å². The van der Waals surface area contributed by atoms with Gasteiger partial charge in [-0.3, -0.25) is 4.79 Å². The van der Waals surface area contributed by atoms with Crippen LogP contribution < -0.4 is 20.1 Å². The molecule has 0 aliphatic rings. The maximum atomic E-state index is 12.3. The largest absolute Gasteiger partial charge is 0.497 e. The highest BCUT2D eigenvalue weighted by molar-refractivity contribution is 8.01. The molecule has 2 aromatic heterocycles. The van der Waals surface area contributed by atoms with E-state index in [4.69, 9.17) is 9.47 Å². The third-order valence-electron chi connectivity index (χ3n) is 3.92. The minimum atomic E-state index is -0.152. The van der Waals surface area contributed by atoms with Crippen molar-refractivity contribution in [2.45, 2.75) is 4.34 Å². The molecule has 2 aromatic carbocycles. The third kappa shape index (κ3) is 4.81. The first kappa shape index (κ1) is 20.4. The lowest BCUT2D eigenvalue weighted by molar-refractivity contribution is -0.113. The molecule has 0 spiro atoms. The second kappa shape index (κ2) is 9.28. The molecular formula is C19H17N5O3S3. The number of hydrogen-bond acceptors (Lipinski definition) is 10. The molecule has 0 radical (unpaired) electrons. The predicted molar refractivity (Wildman–Crippen MR) is 122 cm³/mol. The third-order valence-corrected chi connectivity index (χ3v) is 6.83. The van der Waals surface area contributed by atoms with Crippen molar-refractivity contribution in [1.29, 1.82) is 0 Å². The second-order valence-corrected chi connectivity index (χ2v) is 9.12. The molecule has 2 N–H and O–H groups in total. The Hall–Kier alpha value is -2.89. The lowest BCUT2D eigenvalue weighted by Gasteiger charge is -2.07. The van der Waals surface area contributed by atoms with E-state index in [1.807, 2.05) is 42.5 Å². The van der Waals surface area contributed by atoms with E-state index in [9.17, 15) is 4.79 Å². The Balaban J connectivity index is 1.33. The van der Waals surface area contributed by atoms with Crippen molar-refractivity contribution in [3.8, 4) is 11.5 Å². The number of carbonyl (C=O) groups is 1. The molecule has 0 saturated heterocycles. The van der Waals surface area contributed by atoms with Crippen LogP contribution in [0, 0.1) is 0 Å². The molecular weight excluding hydrogens is 442 g/mol. The summed E-state index contributed by atoms with van der Waals surface area (Å²) in [7, 11) is 3.23. The SMILES string of the molecule is COc1ccc2nc(NC(=O)CSc3nnc(Nc4ccccc4OC)s3)sc2c1. The van der Waals surface area contributed by atoms with Crippen LogP contribution in [-0.4, -0.2) is 41.1 Å². The van der Waals surface area contributed by atoms with Crippen molar-refractivity contribution in [3.63, 3.8) is 0 Å². The number of rotatable bonds is 8. The number of ether oxygens (including phenoxy) is 2. The number of nitrogens with one attached hydrogen (secondary N) is 2. The van der Waals surface area contributed by atoms with E-state index < -0.39 is 0 Å². The quantitative estimate of drug-likeness (QED) is 0.368. The molecule has 4 rings (SSSR count). The average Bonchev–Trinajstić information content (AvgIpc) is 3.38. The van der Waals surface area contributed by atoms with E-state index in [2.05, 4.69) is 25.8 Å². The van der Waals surface area contributed by atoms with Crippen molar-refractivity contribution in [1.82, 2.24) is 15.2 Å². The summed E-state index contributed by atoms with van der Waals surface area (Å²) in [5.41, 5.74) is 1.62. The first-order chi connectivity index (χ1) is 14.6. The highest BCUT2D eigenvalue weighted by Crippen LogP contribution is 2.32. The van der Waals surface area contributed by atoms with Gasteiger partial charge in [0.25, 0.3) is 0 Å². The van der Waals surface area contributed by atoms with E-state index in [-0.39, 0.29) is 11.7 Å². The van der Waals surface area contributed by atoms with Crippen molar-refractivity contribution in [2.75, 3.05) is 30.6 Å². The van der Waals surface area contributed by atoms with Crippen LogP contribution in [0.4, 0.5) is 16.0 Å². The zero-order valence-corrected chi connectivity index (χ0v) is 18.5. The summed E-state index contributed by atoms with van der Waals surface area (Å²) in [5.74, 6) is 1.53.